The van der Waals surface area contributed by atoms with Crippen molar-refractivity contribution in [1.82, 2.24) is 0 Å². The molecular formula is C11H17NO. The normalized spacial score (nSPS) is 10.1. The van der Waals surface area contributed by atoms with Crippen LogP contribution in [-0.2, 0) is 4.84 Å². The Balaban J connectivity index is 2.84. The van der Waals surface area contributed by atoms with Crippen LogP contribution in [0.15, 0.2) is 24.3 Å². The lowest BCUT2D eigenvalue weighted by atomic mass is 10.2. The predicted octanol–water partition coefficient (Wildman–Crippen LogP) is 2.77. The highest BCUT2D eigenvalue weighted by Gasteiger charge is 2.05. The molecule has 0 saturated carbocycles. The van der Waals surface area contributed by atoms with Gasteiger partial charge in [-0.25, -0.2) is 0 Å². The first-order valence-corrected chi connectivity index (χ1v) is 4.67. The molecule has 1 aromatic carbocycles. The number of hydrogen-bond acceptors (Lipinski definition) is 2. The molecule has 1 aromatic rings. The van der Waals surface area contributed by atoms with Crippen LogP contribution in [0.2, 0.25) is 0 Å². The molecule has 2 heteroatoms. The van der Waals surface area contributed by atoms with Crippen molar-refractivity contribution in [3.63, 3.8) is 0 Å². The van der Waals surface area contributed by atoms with Crippen LogP contribution in [0.1, 0.15) is 18.9 Å². The molecule has 0 saturated heterocycles. The van der Waals surface area contributed by atoms with Gasteiger partial charge in [-0.2, -0.15) is 0 Å². The molecule has 1 rings (SSSR count). The summed E-state index contributed by atoms with van der Waals surface area (Å²) in [4.78, 5) is 5.29. The summed E-state index contributed by atoms with van der Waals surface area (Å²) in [6.45, 7) is 5.17. The minimum absolute atomic E-state index is 0.932. The van der Waals surface area contributed by atoms with E-state index >= 15 is 0 Å². The molecule has 0 bridgehead atoms. The largest absolute Gasteiger partial charge is 0.277 e. The van der Waals surface area contributed by atoms with E-state index in [1.54, 1.807) is 7.11 Å². The first kappa shape index (κ1) is 10.1. The number of nitrogens with zero attached hydrogens (tertiary/aromatic N) is 1. The van der Waals surface area contributed by atoms with Crippen molar-refractivity contribution >= 4 is 5.69 Å². The van der Waals surface area contributed by atoms with Crippen LogP contribution in [0.25, 0.3) is 0 Å². The van der Waals surface area contributed by atoms with E-state index in [4.69, 9.17) is 4.84 Å². The summed E-state index contributed by atoms with van der Waals surface area (Å²) in [6, 6.07) is 8.24. The number of rotatable bonds is 4. The smallest absolute Gasteiger partial charge is 0.0665 e. The first-order valence-electron chi connectivity index (χ1n) is 4.67. The number of hydroxylamine groups is 1. The third-order valence-corrected chi connectivity index (χ3v) is 2.03. The van der Waals surface area contributed by atoms with Gasteiger partial charge in [0, 0.05) is 6.54 Å². The van der Waals surface area contributed by atoms with Crippen LogP contribution in [0, 0.1) is 6.92 Å². The van der Waals surface area contributed by atoms with Crippen LogP contribution < -0.4 is 5.06 Å². The quantitative estimate of drug-likeness (QED) is 0.659. The highest BCUT2D eigenvalue weighted by molar-refractivity contribution is 5.50. The monoisotopic (exact) mass is 179 g/mol. The van der Waals surface area contributed by atoms with Gasteiger partial charge in [0.25, 0.3) is 0 Å². The molecule has 0 heterocycles. The standard InChI is InChI=1S/C11H17NO/c1-4-9-12(13-3)11-8-6-5-7-10(11)2/h5-8H,4,9H2,1-3H3. The highest BCUT2D eigenvalue weighted by Crippen LogP contribution is 2.19. The SMILES string of the molecule is CCCN(OC)c1ccccc1C. The van der Waals surface area contributed by atoms with E-state index in [0.29, 0.717) is 0 Å². The Morgan fingerprint density at radius 1 is 1.31 bits per heavy atom. The molecule has 0 aromatic heterocycles. The van der Waals surface area contributed by atoms with E-state index in [9.17, 15) is 0 Å². The minimum atomic E-state index is 0.932. The van der Waals surface area contributed by atoms with Gasteiger partial charge in [0.05, 0.1) is 12.8 Å². The average molecular weight is 179 g/mol. The van der Waals surface area contributed by atoms with Crippen molar-refractivity contribution in [2.24, 2.45) is 0 Å². The third-order valence-electron chi connectivity index (χ3n) is 2.03. The molecule has 0 aliphatic rings. The lowest BCUT2D eigenvalue weighted by Gasteiger charge is -2.22. The van der Waals surface area contributed by atoms with Gasteiger partial charge in [0.2, 0.25) is 0 Å². The minimum Gasteiger partial charge on any atom is -0.277 e. The lowest BCUT2D eigenvalue weighted by molar-refractivity contribution is 0.166. The second kappa shape index (κ2) is 4.87. The fraction of sp³-hybridized carbons (Fsp3) is 0.455. The number of hydrogen-bond donors (Lipinski definition) is 0. The summed E-state index contributed by atoms with van der Waals surface area (Å²) >= 11 is 0. The average Bonchev–Trinajstić information content (AvgIpc) is 2.16. The summed E-state index contributed by atoms with van der Waals surface area (Å²) in [5, 5.41) is 1.93. The van der Waals surface area contributed by atoms with Crippen LogP contribution in [-0.4, -0.2) is 13.7 Å². The molecule has 72 valence electrons. The number of aryl methyl sites for hydroxylation is 1. The maximum absolute atomic E-state index is 5.29. The lowest BCUT2D eigenvalue weighted by Crippen LogP contribution is -2.23. The topological polar surface area (TPSA) is 12.5 Å². The van der Waals surface area contributed by atoms with Gasteiger partial charge in [0.1, 0.15) is 0 Å². The molecule has 0 unspecified atom stereocenters. The van der Waals surface area contributed by atoms with Crippen molar-refractivity contribution in [2.45, 2.75) is 20.3 Å². The molecule has 0 atom stereocenters. The summed E-state index contributed by atoms with van der Waals surface area (Å²) in [5.41, 5.74) is 2.41. The van der Waals surface area contributed by atoms with Gasteiger partial charge in [-0.3, -0.25) is 9.90 Å². The maximum Gasteiger partial charge on any atom is 0.0665 e. The zero-order valence-corrected chi connectivity index (χ0v) is 8.58. The summed E-state index contributed by atoms with van der Waals surface area (Å²) in [7, 11) is 1.71. The van der Waals surface area contributed by atoms with E-state index in [2.05, 4.69) is 26.0 Å². The first-order chi connectivity index (χ1) is 6.29. The van der Waals surface area contributed by atoms with Gasteiger partial charge in [-0.05, 0) is 25.0 Å². The summed E-state index contributed by atoms with van der Waals surface area (Å²) in [6.07, 6.45) is 1.09. The van der Waals surface area contributed by atoms with E-state index in [1.807, 2.05) is 17.2 Å². The van der Waals surface area contributed by atoms with Crippen molar-refractivity contribution < 1.29 is 4.84 Å². The van der Waals surface area contributed by atoms with E-state index in [-0.39, 0.29) is 0 Å². The number of para-hydroxylation sites is 1. The molecule has 0 aliphatic carbocycles. The van der Waals surface area contributed by atoms with Crippen LogP contribution in [0.4, 0.5) is 5.69 Å². The van der Waals surface area contributed by atoms with Crippen molar-refractivity contribution in [2.75, 3.05) is 18.7 Å². The van der Waals surface area contributed by atoms with Gasteiger partial charge in [0.15, 0.2) is 0 Å². The molecule has 0 N–H and O–H groups in total. The van der Waals surface area contributed by atoms with Gasteiger partial charge >= 0.3 is 0 Å². The maximum atomic E-state index is 5.29. The molecule has 0 radical (unpaired) electrons. The van der Waals surface area contributed by atoms with Crippen LogP contribution >= 0.6 is 0 Å². The van der Waals surface area contributed by atoms with E-state index in [1.165, 1.54) is 5.56 Å². The fourth-order valence-corrected chi connectivity index (χ4v) is 1.36. The number of anilines is 1. The Kier molecular flexibility index (Phi) is 3.77. The molecule has 0 amide bonds. The van der Waals surface area contributed by atoms with Crippen molar-refractivity contribution in [3.8, 4) is 0 Å². The molecule has 13 heavy (non-hydrogen) atoms. The van der Waals surface area contributed by atoms with Gasteiger partial charge < -0.3 is 0 Å². The third kappa shape index (κ3) is 2.46. The molecule has 2 nitrogen and oxygen atoms in total. The Hall–Kier alpha value is -1.02. The molecule has 0 aliphatic heterocycles. The molecule has 0 spiro atoms. The van der Waals surface area contributed by atoms with Gasteiger partial charge in [-0.1, -0.05) is 25.1 Å². The zero-order valence-electron chi connectivity index (χ0n) is 8.58. The van der Waals surface area contributed by atoms with E-state index in [0.717, 1.165) is 18.7 Å². The highest BCUT2D eigenvalue weighted by atomic mass is 16.7. The second-order valence-corrected chi connectivity index (χ2v) is 3.07. The second-order valence-electron chi connectivity index (χ2n) is 3.07. The van der Waals surface area contributed by atoms with Crippen molar-refractivity contribution in [1.29, 1.82) is 0 Å². The Morgan fingerprint density at radius 2 is 2.00 bits per heavy atom. The van der Waals surface area contributed by atoms with Crippen LogP contribution in [0.3, 0.4) is 0 Å². The Bertz CT molecular complexity index is 260. The Morgan fingerprint density at radius 3 is 2.54 bits per heavy atom. The van der Waals surface area contributed by atoms with Crippen molar-refractivity contribution in [3.05, 3.63) is 29.8 Å². The molecule has 0 fully saturated rings. The van der Waals surface area contributed by atoms with Crippen LogP contribution in [0.5, 0.6) is 0 Å². The summed E-state index contributed by atoms with van der Waals surface area (Å²) in [5.74, 6) is 0. The summed E-state index contributed by atoms with van der Waals surface area (Å²) < 4.78 is 0. The zero-order chi connectivity index (χ0) is 9.68. The molecular weight excluding hydrogens is 162 g/mol. The fourth-order valence-electron chi connectivity index (χ4n) is 1.36. The Labute approximate surface area is 80.1 Å². The van der Waals surface area contributed by atoms with E-state index < -0.39 is 0 Å². The number of benzene rings is 1. The predicted molar refractivity (Wildman–Crippen MR) is 55.8 cm³/mol. The van der Waals surface area contributed by atoms with Gasteiger partial charge in [-0.15, -0.1) is 0 Å².